The van der Waals surface area contributed by atoms with Gasteiger partial charge in [0.15, 0.2) is 5.78 Å². The van der Waals surface area contributed by atoms with Crippen LogP contribution in [0.2, 0.25) is 0 Å². The highest BCUT2D eigenvalue weighted by atomic mass is 32.2. The minimum absolute atomic E-state index is 0.0843. The summed E-state index contributed by atoms with van der Waals surface area (Å²) in [5, 5.41) is 15.6. The van der Waals surface area contributed by atoms with E-state index in [4.69, 9.17) is 5.26 Å². The maximum absolute atomic E-state index is 13.8. The highest BCUT2D eigenvalue weighted by Crippen LogP contribution is 2.45. The van der Waals surface area contributed by atoms with Crippen molar-refractivity contribution in [3.8, 4) is 11.1 Å². The molecule has 3 aromatic carbocycles. The summed E-state index contributed by atoms with van der Waals surface area (Å²) in [6.07, 6.45) is 0. The highest BCUT2D eigenvalue weighted by Gasteiger charge is 2.33. The van der Waals surface area contributed by atoms with Crippen LogP contribution >= 0.6 is 12.0 Å². The lowest BCUT2D eigenvalue weighted by Crippen LogP contribution is -2.23. The minimum atomic E-state index is -4.82. The number of nitrogens with zero attached hydrogens (tertiary/aromatic N) is 1. The Morgan fingerprint density at radius 3 is 2.39 bits per heavy atom. The molecule has 5 rings (SSSR count). The van der Waals surface area contributed by atoms with Crippen molar-refractivity contribution in [2.45, 2.75) is 16.7 Å². The fourth-order valence-electron chi connectivity index (χ4n) is 4.44. The fraction of sp³-hybridized carbons (Fsp3) is 0.0833. The monoisotopic (exact) mass is 526 g/mol. The Morgan fingerprint density at radius 2 is 1.69 bits per heavy atom. The summed E-state index contributed by atoms with van der Waals surface area (Å²) < 4.78 is 40.7. The third kappa shape index (κ3) is 3.89. The van der Waals surface area contributed by atoms with Crippen LogP contribution in [0.4, 0.5) is 11.4 Å². The van der Waals surface area contributed by atoms with Crippen molar-refractivity contribution in [3.63, 3.8) is 0 Å². The summed E-state index contributed by atoms with van der Waals surface area (Å²) in [5.74, 6) is -0.387. The maximum Gasteiger partial charge on any atom is 0.296 e. The molecule has 36 heavy (non-hydrogen) atoms. The van der Waals surface area contributed by atoms with Gasteiger partial charge >= 0.3 is 0 Å². The number of carbonyl (C=O) groups is 1. The number of aryl methyl sites for hydroxylation is 2. The number of hydrogen-bond acceptors (Lipinski definition) is 9. The zero-order chi connectivity index (χ0) is 25.8. The molecular formula is C24H18N2O8S2. The number of anilines is 2. The number of nitrogens with one attached hydrogen (secondary N) is 1. The molecule has 0 atom stereocenters. The topological polar surface area (TPSA) is 144 Å². The van der Waals surface area contributed by atoms with Crippen molar-refractivity contribution >= 4 is 50.2 Å². The average Bonchev–Trinajstić information content (AvgIpc) is 2.84. The predicted molar refractivity (Wildman–Crippen MR) is 133 cm³/mol. The lowest BCUT2D eigenvalue weighted by Gasteiger charge is -2.25. The number of rotatable bonds is 6. The van der Waals surface area contributed by atoms with Gasteiger partial charge in [0.2, 0.25) is 0 Å². The third-order valence-electron chi connectivity index (χ3n) is 6.00. The van der Waals surface area contributed by atoms with Gasteiger partial charge in [-0.2, -0.15) is 8.42 Å². The number of ketones is 1. The first-order valence-corrected chi connectivity index (χ1v) is 12.6. The molecule has 0 amide bonds. The lowest BCUT2D eigenvalue weighted by atomic mass is 9.83. The van der Waals surface area contributed by atoms with Gasteiger partial charge in [0.25, 0.3) is 15.7 Å². The largest absolute Gasteiger partial charge is 0.354 e. The van der Waals surface area contributed by atoms with Gasteiger partial charge in [-0.3, -0.25) is 14.1 Å². The lowest BCUT2D eigenvalue weighted by molar-refractivity contribution is -0.432. The second kappa shape index (κ2) is 8.85. The van der Waals surface area contributed by atoms with Crippen LogP contribution in [0.25, 0.3) is 22.0 Å². The van der Waals surface area contributed by atoms with Crippen molar-refractivity contribution in [1.29, 1.82) is 0 Å². The van der Waals surface area contributed by atoms with Gasteiger partial charge in [0.05, 0.1) is 39.4 Å². The van der Waals surface area contributed by atoms with Crippen molar-refractivity contribution in [2.24, 2.45) is 7.05 Å². The Morgan fingerprint density at radius 1 is 0.972 bits per heavy atom. The summed E-state index contributed by atoms with van der Waals surface area (Å²) in [5.41, 5.74) is 2.09. The molecule has 184 valence electrons. The molecule has 0 aliphatic heterocycles. The zero-order valence-corrected chi connectivity index (χ0v) is 20.4. The number of benzene rings is 3. The Bertz CT molecular complexity index is 1750. The number of aromatic nitrogens is 1. The molecule has 0 saturated carbocycles. The summed E-state index contributed by atoms with van der Waals surface area (Å²) in [7, 11) is -3.45. The molecule has 0 radical (unpaired) electrons. The van der Waals surface area contributed by atoms with Crippen molar-refractivity contribution in [3.05, 3.63) is 81.6 Å². The van der Waals surface area contributed by atoms with Gasteiger partial charge in [-0.05, 0) is 41.8 Å². The van der Waals surface area contributed by atoms with Gasteiger partial charge in [-0.25, -0.2) is 5.26 Å². The Hall–Kier alpha value is -3.52. The van der Waals surface area contributed by atoms with Crippen LogP contribution < -0.4 is 10.9 Å². The van der Waals surface area contributed by atoms with Crippen LogP contribution in [0.15, 0.2) is 69.2 Å². The summed E-state index contributed by atoms with van der Waals surface area (Å²) in [4.78, 5) is 26.5. The first-order chi connectivity index (χ1) is 17.1. The Labute approximate surface area is 208 Å². The van der Waals surface area contributed by atoms with Crippen LogP contribution in [-0.2, 0) is 26.5 Å². The van der Waals surface area contributed by atoms with Crippen molar-refractivity contribution in [1.82, 2.24) is 4.57 Å². The minimum Gasteiger partial charge on any atom is -0.354 e. The van der Waals surface area contributed by atoms with E-state index in [9.17, 15) is 22.6 Å². The Kier molecular flexibility index (Phi) is 5.95. The molecule has 0 bridgehead atoms. The average molecular weight is 527 g/mol. The molecule has 1 aliphatic rings. The highest BCUT2D eigenvalue weighted by molar-refractivity contribution is 7.94. The molecule has 3 N–H and O–H groups in total. The molecule has 0 saturated heterocycles. The van der Waals surface area contributed by atoms with E-state index in [2.05, 4.69) is 14.7 Å². The van der Waals surface area contributed by atoms with E-state index in [1.165, 1.54) is 13.1 Å². The molecule has 1 heterocycles. The zero-order valence-electron chi connectivity index (χ0n) is 18.8. The number of pyridine rings is 1. The van der Waals surface area contributed by atoms with Gasteiger partial charge in [-0.1, -0.05) is 35.4 Å². The van der Waals surface area contributed by atoms with Gasteiger partial charge in [0, 0.05) is 24.1 Å². The van der Waals surface area contributed by atoms with Gasteiger partial charge in [0.1, 0.15) is 4.90 Å². The normalized spacial score (nSPS) is 12.6. The molecule has 0 unspecified atom stereocenters. The van der Waals surface area contributed by atoms with E-state index < -0.39 is 20.6 Å². The van der Waals surface area contributed by atoms with Crippen molar-refractivity contribution < 1.29 is 32.4 Å². The van der Waals surface area contributed by atoms with Gasteiger partial charge in [-0.15, -0.1) is 4.33 Å². The van der Waals surface area contributed by atoms with E-state index in [1.54, 1.807) is 42.5 Å². The number of carbonyl (C=O) groups excluding carboxylic acids is 1. The van der Waals surface area contributed by atoms with Crippen LogP contribution in [0.3, 0.4) is 0 Å². The summed E-state index contributed by atoms with van der Waals surface area (Å²) in [6, 6.07) is 14.3. The smallest absolute Gasteiger partial charge is 0.296 e. The maximum atomic E-state index is 13.8. The van der Waals surface area contributed by atoms with E-state index in [0.717, 1.165) is 16.2 Å². The van der Waals surface area contributed by atoms with E-state index in [1.807, 2.05) is 6.92 Å². The van der Waals surface area contributed by atoms with E-state index >= 15 is 0 Å². The van der Waals surface area contributed by atoms with E-state index in [-0.39, 0.29) is 27.9 Å². The third-order valence-corrected chi connectivity index (χ3v) is 7.51. The first-order valence-electron chi connectivity index (χ1n) is 10.5. The molecule has 12 heteroatoms. The molecule has 0 fully saturated rings. The number of fused-ring (bicyclic) bond motifs is 2. The standard InChI is InChI=1S/C24H18N2O8S2/c1-12-7-8-16(18(9-12)35-34-33-29)25-17-11-19(36(30,31)32)23-21-15(10-20(27)26(23)2)13-5-3-4-6-14(13)24(28)22(17)21/h3-11,25,29H,1-2H3,(H,30,31,32). The predicted octanol–water partition coefficient (Wildman–Crippen LogP) is 4.48. The molecule has 10 nitrogen and oxygen atoms in total. The fourth-order valence-corrected chi connectivity index (χ4v) is 5.74. The molecule has 1 aromatic heterocycles. The van der Waals surface area contributed by atoms with Crippen molar-refractivity contribution in [2.75, 3.05) is 5.32 Å². The van der Waals surface area contributed by atoms with Crippen LogP contribution in [0, 0.1) is 6.92 Å². The quantitative estimate of drug-likeness (QED) is 0.125. The second-order valence-electron chi connectivity index (χ2n) is 8.18. The first kappa shape index (κ1) is 24.2. The molecule has 4 aromatic rings. The number of hydrogen-bond donors (Lipinski definition) is 3. The SMILES string of the molecule is Cc1ccc(Nc2cc(S(=O)(=O)O)c3c4c(cc(=O)n3C)-c3ccccc3C(=O)c24)c(SOOO)c1. The van der Waals surface area contributed by atoms with E-state index in [0.29, 0.717) is 39.3 Å². The molecular weight excluding hydrogens is 508 g/mol. The summed E-state index contributed by atoms with van der Waals surface area (Å²) >= 11 is 0.685. The molecule has 1 aliphatic carbocycles. The van der Waals surface area contributed by atoms with Gasteiger partial charge < -0.3 is 9.88 Å². The van der Waals surface area contributed by atoms with Crippen LogP contribution in [0.1, 0.15) is 21.5 Å². The van der Waals surface area contributed by atoms with Crippen LogP contribution in [0.5, 0.6) is 0 Å². The Balaban J connectivity index is 1.89. The molecule has 0 spiro atoms. The summed E-state index contributed by atoms with van der Waals surface area (Å²) in [6.45, 7) is 1.83. The van der Waals surface area contributed by atoms with Crippen LogP contribution in [-0.4, -0.2) is 28.6 Å². The second-order valence-corrected chi connectivity index (χ2v) is 10.3.